The van der Waals surface area contributed by atoms with Gasteiger partial charge in [0.25, 0.3) is 0 Å². The number of hydrogen-bond acceptors (Lipinski definition) is 5. The van der Waals surface area contributed by atoms with Gasteiger partial charge in [-0.25, -0.2) is 9.78 Å². The van der Waals surface area contributed by atoms with Crippen molar-refractivity contribution in [1.82, 2.24) is 14.9 Å². The molecule has 0 aromatic carbocycles. The molecule has 0 saturated heterocycles. The van der Waals surface area contributed by atoms with E-state index in [-0.39, 0.29) is 17.0 Å². The molecular weight excluding hydrogens is 374 g/mol. The van der Waals surface area contributed by atoms with E-state index in [1.165, 1.54) is 16.6 Å². The molecule has 2 N–H and O–H groups in total. The summed E-state index contributed by atoms with van der Waals surface area (Å²) in [5.41, 5.74) is 2.15. The highest BCUT2D eigenvalue weighted by atomic mass is 32.1. The van der Waals surface area contributed by atoms with E-state index in [0.717, 1.165) is 36.5 Å². The molecule has 3 aromatic rings. The van der Waals surface area contributed by atoms with Gasteiger partial charge in [0, 0.05) is 35.6 Å². The van der Waals surface area contributed by atoms with Crippen LogP contribution in [-0.2, 0) is 12.0 Å². The molecule has 28 heavy (non-hydrogen) atoms. The topological polar surface area (TPSA) is 84.2 Å². The standard InChI is InChI=1S/C21H21N3O3S/c1-21(2)10-22-8-11-7-16(28-18(11)21)15-6-5-13-17(25)14(20(26)27)9-24(12-3-4-12)19(13)23-15/h5-7,9,12,22H,3-4,8,10H2,1-2H3,(H,26,27). The van der Waals surface area contributed by atoms with Gasteiger partial charge in [0.05, 0.1) is 16.0 Å². The molecule has 0 atom stereocenters. The van der Waals surface area contributed by atoms with Gasteiger partial charge in [-0.15, -0.1) is 11.3 Å². The van der Waals surface area contributed by atoms with E-state index in [9.17, 15) is 14.7 Å². The summed E-state index contributed by atoms with van der Waals surface area (Å²) in [5, 5.41) is 13.2. The number of pyridine rings is 2. The number of fused-ring (bicyclic) bond motifs is 2. The molecule has 2 aliphatic rings. The first-order chi connectivity index (χ1) is 13.3. The van der Waals surface area contributed by atoms with Crippen molar-refractivity contribution in [1.29, 1.82) is 0 Å². The Morgan fingerprint density at radius 1 is 1.36 bits per heavy atom. The molecular formula is C21H21N3O3S. The molecule has 6 nitrogen and oxygen atoms in total. The van der Waals surface area contributed by atoms with Gasteiger partial charge >= 0.3 is 5.97 Å². The summed E-state index contributed by atoms with van der Waals surface area (Å²) in [4.78, 5) is 31.4. The van der Waals surface area contributed by atoms with Crippen LogP contribution in [0.2, 0.25) is 0 Å². The summed E-state index contributed by atoms with van der Waals surface area (Å²) in [6.45, 7) is 6.29. The van der Waals surface area contributed by atoms with Crippen LogP contribution < -0.4 is 10.7 Å². The number of hydrogen-bond donors (Lipinski definition) is 2. The fourth-order valence-corrected chi connectivity index (χ4v) is 5.25. The molecule has 3 aromatic heterocycles. The molecule has 1 fully saturated rings. The van der Waals surface area contributed by atoms with Crippen LogP contribution in [-0.4, -0.2) is 27.2 Å². The van der Waals surface area contributed by atoms with Crippen LogP contribution in [0.3, 0.4) is 0 Å². The van der Waals surface area contributed by atoms with Gasteiger partial charge in [-0.2, -0.15) is 0 Å². The highest BCUT2D eigenvalue weighted by molar-refractivity contribution is 7.15. The van der Waals surface area contributed by atoms with Crippen LogP contribution in [0.4, 0.5) is 0 Å². The zero-order valence-corrected chi connectivity index (χ0v) is 16.6. The number of carbonyl (C=O) groups is 1. The van der Waals surface area contributed by atoms with Crippen LogP contribution in [0.25, 0.3) is 21.6 Å². The number of nitrogens with one attached hydrogen (secondary N) is 1. The quantitative estimate of drug-likeness (QED) is 0.709. The summed E-state index contributed by atoms with van der Waals surface area (Å²) in [6, 6.07) is 5.98. The fraction of sp³-hybridized carbons (Fsp3) is 0.381. The average molecular weight is 395 g/mol. The molecule has 7 heteroatoms. The van der Waals surface area contributed by atoms with E-state index in [0.29, 0.717) is 11.0 Å². The number of aromatic nitrogens is 2. The van der Waals surface area contributed by atoms with E-state index in [1.54, 1.807) is 17.4 Å². The van der Waals surface area contributed by atoms with Crippen LogP contribution in [0.5, 0.6) is 0 Å². The number of aromatic carboxylic acids is 1. The lowest BCUT2D eigenvalue weighted by Gasteiger charge is -2.30. The number of rotatable bonds is 3. The Morgan fingerprint density at radius 2 is 2.14 bits per heavy atom. The Morgan fingerprint density at radius 3 is 2.82 bits per heavy atom. The van der Waals surface area contributed by atoms with Crippen molar-refractivity contribution in [2.45, 2.75) is 44.7 Å². The summed E-state index contributed by atoms with van der Waals surface area (Å²) >= 11 is 1.76. The highest BCUT2D eigenvalue weighted by Crippen LogP contribution is 2.41. The Bertz CT molecular complexity index is 1190. The third-order valence-electron chi connectivity index (χ3n) is 5.61. The molecule has 0 spiro atoms. The van der Waals surface area contributed by atoms with Crippen molar-refractivity contribution >= 4 is 28.3 Å². The second kappa shape index (κ2) is 5.99. The van der Waals surface area contributed by atoms with E-state index in [2.05, 4.69) is 25.2 Å². The lowest BCUT2D eigenvalue weighted by Crippen LogP contribution is -2.37. The third-order valence-corrected chi connectivity index (χ3v) is 7.17. The molecule has 0 amide bonds. The van der Waals surface area contributed by atoms with Gasteiger partial charge in [-0.05, 0) is 36.6 Å². The molecule has 0 bridgehead atoms. The minimum atomic E-state index is -1.19. The molecule has 1 aliphatic carbocycles. The summed E-state index contributed by atoms with van der Waals surface area (Å²) in [5.74, 6) is -1.19. The number of carboxylic acids is 1. The minimum absolute atomic E-state index is 0.0832. The van der Waals surface area contributed by atoms with Gasteiger partial charge in [-0.1, -0.05) is 13.8 Å². The Balaban J connectivity index is 1.70. The SMILES string of the molecule is CC1(C)CNCc2cc(-c3ccc4c(=O)c(C(=O)O)cn(C5CC5)c4n3)sc21. The van der Waals surface area contributed by atoms with Gasteiger partial charge in [-0.3, -0.25) is 4.79 Å². The lowest BCUT2D eigenvalue weighted by molar-refractivity contribution is 0.0695. The van der Waals surface area contributed by atoms with Crippen molar-refractivity contribution in [3.63, 3.8) is 0 Å². The average Bonchev–Trinajstić information content (AvgIpc) is 3.39. The molecule has 0 radical (unpaired) electrons. The van der Waals surface area contributed by atoms with Crippen LogP contribution >= 0.6 is 11.3 Å². The van der Waals surface area contributed by atoms with Crippen molar-refractivity contribution in [2.24, 2.45) is 0 Å². The maximum atomic E-state index is 12.6. The summed E-state index contributed by atoms with van der Waals surface area (Å²) in [7, 11) is 0. The fourth-order valence-electron chi connectivity index (χ4n) is 4.00. The normalized spacial score (nSPS) is 18.2. The molecule has 1 aliphatic heterocycles. The van der Waals surface area contributed by atoms with Crippen LogP contribution in [0.15, 0.2) is 29.2 Å². The number of carboxylic acid groups (broad SMARTS) is 1. The van der Waals surface area contributed by atoms with E-state index < -0.39 is 11.4 Å². The Labute approximate surface area is 165 Å². The van der Waals surface area contributed by atoms with Gasteiger partial charge < -0.3 is 15.0 Å². The third kappa shape index (κ3) is 2.69. The first-order valence-electron chi connectivity index (χ1n) is 9.48. The number of nitrogens with zero attached hydrogens (tertiary/aromatic N) is 2. The maximum Gasteiger partial charge on any atom is 0.341 e. The van der Waals surface area contributed by atoms with Crippen molar-refractivity contribution in [2.75, 3.05) is 6.54 Å². The Kier molecular flexibility index (Phi) is 3.76. The van der Waals surface area contributed by atoms with Gasteiger partial charge in [0.2, 0.25) is 5.43 Å². The highest BCUT2D eigenvalue weighted by Gasteiger charge is 2.31. The van der Waals surface area contributed by atoms with E-state index in [1.807, 2.05) is 10.6 Å². The zero-order valence-electron chi connectivity index (χ0n) is 15.8. The molecule has 1 saturated carbocycles. The second-order valence-corrected chi connectivity index (χ2v) is 9.39. The minimum Gasteiger partial charge on any atom is -0.477 e. The second-order valence-electron chi connectivity index (χ2n) is 8.34. The zero-order chi connectivity index (χ0) is 19.6. The first kappa shape index (κ1) is 17.6. The summed E-state index contributed by atoms with van der Waals surface area (Å²) in [6.07, 6.45) is 3.43. The van der Waals surface area contributed by atoms with Crippen LogP contribution in [0.1, 0.15) is 53.5 Å². The molecule has 0 unspecified atom stereocenters. The predicted molar refractivity (Wildman–Crippen MR) is 109 cm³/mol. The van der Waals surface area contributed by atoms with Gasteiger partial charge in [0.1, 0.15) is 11.2 Å². The van der Waals surface area contributed by atoms with Crippen LogP contribution in [0, 0.1) is 0 Å². The maximum absolute atomic E-state index is 12.6. The summed E-state index contributed by atoms with van der Waals surface area (Å²) < 4.78 is 1.88. The largest absolute Gasteiger partial charge is 0.477 e. The number of thiophene rings is 1. The van der Waals surface area contributed by atoms with Crippen molar-refractivity contribution in [3.05, 3.63) is 50.6 Å². The van der Waals surface area contributed by atoms with Crippen molar-refractivity contribution in [3.8, 4) is 10.6 Å². The Hall–Kier alpha value is -2.51. The van der Waals surface area contributed by atoms with E-state index in [4.69, 9.17) is 4.98 Å². The molecule has 144 valence electrons. The van der Waals surface area contributed by atoms with Crippen molar-refractivity contribution < 1.29 is 9.90 Å². The van der Waals surface area contributed by atoms with Gasteiger partial charge in [0.15, 0.2) is 0 Å². The first-order valence-corrected chi connectivity index (χ1v) is 10.3. The molecule has 5 rings (SSSR count). The smallest absolute Gasteiger partial charge is 0.341 e. The predicted octanol–water partition coefficient (Wildman–Crippen LogP) is 3.54. The lowest BCUT2D eigenvalue weighted by atomic mass is 9.86. The monoisotopic (exact) mass is 395 g/mol. The van der Waals surface area contributed by atoms with E-state index >= 15 is 0 Å². The molecule has 4 heterocycles.